The first kappa shape index (κ1) is 14.3. The van der Waals surface area contributed by atoms with E-state index >= 15 is 0 Å². The van der Waals surface area contributed by atoms with E-state index in [1.165, 1.54) is 5.56 Å². The van der Waals surface area contributed by atoms with Gasteiger partial charge in [-0.25, -0.2) is 0 Å². The van der Waals surface area contributed by atoms with Gasteiger partial charge in [-0.1, -0.05) is 12.1 Å². The Kier molecular flexibility index (Phi) is 5.69. The quantitative estimate of drug-likeness (QED) is 0.865. The molecule has 0 unspecified atom stereocenters. The van der Waals surface area contributed by atoms with Crippen LogP contribution in [0.5, 0.6) is 5.75 Å². The van der Waals surface area contributed by atoms with Gasteiger partial charge in [0.25, 0.3) is 0 Å². The van der Waals surface area contributed by atoms with Gasteiger partial charge in [-0.3, -0.25) is 0 Å². The third-order valence-electron chi connectivity index (χ3n) is 1.78. The zero-order valence-electron chi connectivity index (χ0n) is 9.62. The topological polar surface area (TPSA) is 35.2 Å². The number of hydrogen-bond donors (Lipinski definition) is 1. The zero-order chi connectivity index (χ0) is 10.6. The summed E-state index contributed by atoms with van der Waals surface area (Å²) in [5, 5.41) is 0. The van der Waals surface area contributed by atoms with E-state index in [0.717, 1.165) is 12.2 Å². The lowest BCUT2D eigenvalue weighted by molar-refractivity contribution is 0.131. The molecular weight excluding hydrogens is 210 g/mol. The molecule has 86 valence electrons. The third kappa shape index (κ3) is 5.65. The van der Waals surface area contributed by atoms with Crippen LogP contribution in [0.25, 0.3) is 0 Å². The molecule has 0 aromatic heterocycles. The maximum Gasteiger partial charge on any atom is 0.120 e. The molecule has 2 nitrogen and oxygen atoms in total. The van der Waals surface area contributed by atoms with Crippen molar-refractivity contribution < 1.29 is 4.74 Å². The molecule has 0 aliphatic heterocycles. The first-order valence-corrected chi connectivity index (χ1v) is 4.99. The smallest absolute Gasteiger partial charge is 0.120 e. The Morgan fingerprint density at radius 3 is 2.07 bits per heavy atom. The SMILES string of the molecule is CC(C)(C)Oc1ccc(CCN)cc1.Cl. The summed E-state index contributed by atoms with van der Waals surface area (Å²) in [4.78, 5) is 0. The largest absolute Gasteiger partial charge is 0.488 e. The molecule has 0 spiro atoms. The molecule has 0 saturated heterocycles. The summed E-state index contributed by atoms with van der Waals surface area (Å²) in [6.07, 6.45) is 0.926. The Bertz CT molecular complexity index is 277. The fourth-order valence-corrected chi connectivity index (χ4v) is 1.24. The van der Waals surface area contributed by atoms with Crippen molar-refractivity contribution in [3.63, 3.8) is 0 Å². The zero-order valence-corrected chi connectivity index (χ0v) is 10.4. The number of benzene rings is 1. The van der Waals surface area contributed by atoms with Crippen LogP contribution in [0, 0.1) is 0 Å². The second kappa shape index (κ2) is 5.99. The highest BCUT2D eigenvalue weighted by molar-refractivity contribution is 5.85. The van der Waals surface area contributed by atoms with Crippen molar-refractivity contribution in [1.82, 2.24) is 0 Å². The summed E-state index contributed by atoms with van der Waals surface area (Å²) in [6.45, 7) is 6.82. The van der Waals surface area contributed by atoms with Crippen molar-refractivity contribution in [2.24, 2.45) is 5.73 Å². The van der Waals surface area contributed by atoms with Gasteiger partial charge < -0.3 is 10.5 Å². The van der Waals surface area contributed by atoms with E-state index in [-0.39, 0.29) is 18.0 Å². The third-order valence-corrected chi connectivity index (χ3v) is 1.78. The normalized spacial score (nSPS) is 10.7. The average molecular weight is 230 g/mol. The van der Waals surface area contributed by atoms with Gasteiger partial charge in [-0.05, 0) is 51.4 Å². The summed E-state index contributed by atoms with van der Waals surface area (Å²) < 4.78 is 5.70. The molecule has 0 aliphatic rings. The predicted molar refractivity (Wildman–Crippen MR) is 66.8 cm³/mol. The molecule has 1 rings (SSSR count). The molecule has 0 heterocycles. The maximum absolute atomic E-state index is 5.70. The fraction of sp³-hybridized carbons (Fsp3) is 0.500. The minimum Gasteiger partial charge on any atom is -0.488 e. The lowest BCUT2D eigenvalue weighted by Crippen LogP contribution is -2.22. The van der Waals surface area contributed by atoms with Crippen LogP contribution in [0.2, 0.25) is 0 Å². The molecule has 15 heavy (non-hydrogen) atoms. The molecule has 1 aromatic carbocycles. The summed E-state index contributed by atoms with van der Waals surface area (Å²) in [5.74, 6) is 0.915. The average Bonchev–Trinajstić information content (AvgIpc) is 2.06. The van der Waals surface area contributed by atoms with Crippen LogP contribution in [-0.4, -0.2) is 12.1 Å². The highest BCUT2D eigenvalue weighted by atomic mass is 35.5. The maximum atomic E-state index is 5.70. The number of rotatable bonds is 3. The minimum absolute atomic E-state index is 0. The molecule has 0 atom stereocenters. The van der Waals surface area contributed by atoms with Gasteiger partial charge in [-0.15, -0.1) is 12.4 Å². The van der Waals surface area contributed by atoms with E-state index in [1.54, 1.807) is 0 Å². The summed E-state index contributed by atoms with van der Waals surface area (Å²) in [7, 11) is 0. The van der Waals surface area contributed by atoms with Crippen LogP contribution in [0.4, 0.5) is 0 Å². The highest BCUT2D eigenvalue weighted by Crippen LogP contribution is 2.18. The van der Waals surface area contributed by atoms with Gasteiger partial charge in [-0.2, -0.15) is 0 Å². The van der Waals surface area contributed by atoms with Gasteiger partial charge in [0.2, 0.25) is 0 Å². The standard InChI is InChI=1S/C12H19NO.ClH/c1-12(2,3)14-11-6-4-10(5-7-11)8-9-13;/h4-7H,8-9,13H2,1-3H3;1H. The van der Waals surface area contributed by atoms with Crippen LogP contribution in [0.1, 0.15) is 26.3 Å². The molecule has 0 fully saturated rings. The summed E-state index contributed by atoms with van der Waals surface area (Å²) >= 11 is 0. The summed E-state index contributed by atoms with van der Waals surface area (Å²) in [5.41, 5.74) is 6.60. The molecule has 0 aliphatic carbocycles. The Morgan fingerprint density at radius 2 is 1.67 bits per heavy atom. The van der Waals surface area contributed by atoms with Crippen molar-refractivity contribution >= 4 is 12.4 Å². The lowest BCUT2D eigenvalue weighted by atomic mass is 10.1. The predicted octanol–water partition coefficient (Wildman–Crippen LogP) is 2.79. The van der Waals surface area contributed by atoms with Gasteiger partial charge in [0, 0.05) is 0 Å². The number of hydrogen-bond acceptors (Lipinski definition) is 2. The van der Waals surface area contributed by atoms with E-state index in [2.05, 4.69) is 12.1 Å². The van der Waals surface area contributed by atoms with Crippen LogP contribution >= 0.6 is 12.4 Å². The van der Waals surface area contributed by atoms with Crippen molar-refractivity contribution in [2.75, 3.05) is 6.54 Å². The highest BCUT2D eigenvalue weighted by Gasteiger charge is 2.10. The second-order valence-corrected chi connectivity index (χ2v) is 4.40. The van der Waals surface area contributed by atoms with Crippen LogP contribution in [0.3, 0.4) is 0 Å². The van der Waals surface area contributed by atoms with Crippen molar-refractivity contribution in [3.8, 4) is 5.75 Å². The first-order valence-electron chi connectivity index (χ1n) is 4.99. The molecule has 2 N–H and O–H groups in total. The van der Waals surface area contributed by atoms with E-state index in [9.17, 15) is 0 Å². The van der Waals surface area contributed by atoms with Crippen molar-refractivity contribution in [1.29, 1.82) is 0 Å². The molecule has 0 bridgehead atoms. The Labute approximate surface area is 98.2 Å². The van der Waals surface area contributed by atoms with Crippen molar-refractivity contribution in [2.45, 2.75) is 32.8 Å². The van der Waals surface area contributed by atoms with Gasteiger partial charge in [0.05, 0.1) is 0 Å². The molecular formula is C12H20ClNO. The molecule has 3 heteroatoms. The van der Waals surface area contributed by atoms with E-state index in [4.69, 9.17) is 10.5 Å². The second-order valence-electron chi connectivity index (χ2n) is 4.40. The fourth-order valence-electron chi connectivity index (χ4n) is 1.24. The van der Waals surface area contributed by atoms with Crippen LogP contribution < -0.4 is 10.5 Å². The van der Waals surface area contributed by atoms with E-state index in [1.807, 2.05) is 32.9 Å². The Morgan fingerprint density at radius 1 is 1.13 bits per heavy atom. The number of halogens is 1. The van der Waals surface area contributed by atoms with Crippen LogP contribution in [0.15, 0.2) is 24.3 Å². The molecule has 1 aromatic rings. The monoisotopic (exact) mass is 229 g/mol. The Hall–Kier alpha value is -0.730. The molecule has 0 radical (unpaired) electrons. The lowest BCUT2D eigenvalue weighted by Gasteiger charge is -2.21. The van der Waals surface area contributed by atoms with Gasteiger partial charge in [0.1, 0.15) is 11.4 Å². The summed E-state index contributed by atoms with van der Waals surface area (Å²) in [6, 6.07) is 8.12. The first-order chi connectivity index (χ1) is 6.51. The van der Waals surface area contributed by atoms with Crippen molar-refractivity contribution in [3.05, 3.63) is 29.8 Å². The Balaban J connectivity index is 0.00000196. The van der Waals surface area contributed by atoms with E-state index in [0.29, 0.717) is 6.54 Å². The van der Waals surface area contributed by atoms with Gasteiger partial charge >= 0.3 is 0 Å². The number of nitrogens with two attached hydrogens (primary N) is 1. The van der Waals surface area contributed by atoms with Crippen LogP contribution in [-0.2, 0) is 6.42 Å². The number of ether oxygens (including phenoxy) is 1. The minimum atomic E-state index is -0.130. The molecule has 0 amide bonds. The molecule has 0 saturated carbocycles. The van der Waals surface area contributed by atoms with E-state index < -0.39 is 0 Å². The van der Waals surface area contributed by atoms with Gasteiger partial charge in [0.15, 0.2) is 0 Å².